The summed E-state index contributed by atoms with van der Waals surface area (Å²) in [7, 11) is 3.93. The van der Waals surface area contributed by atoms with Gasteiger partial charge in [-0.1, -0.05) is 47.6 Å². The van der Waals surface area contributed by atoms with Crippen LogP contribution in [0.3, 0.4) is 0 Å². The number of allylic oxidation sites excluding steroid dienone is 1. The van der Waals surface area contributed by atoms with Crippen LogP contribution in [0.4, 0.5) is 169 Å². The van der Waals surface area contributed by atoms with Crippen molar-refractivity contribution in [2.45, 2.75) is 239 Å². The smallest absolute Gasteiger partial charge is 0.490 e. The highest BCUT2D eigenvalue weighted by atomic mass is 28.4. The first-order chi connectivity index (χ1) is 55.6. The van der Waals surface area contributed by atoms with E-state index in [0.29, 0.717) is 24.3 Å². The lowest BCUT2D eigenvalue weighted by Crippen LogP contribution is -2.60. The average Bonchev–Trinajstić information content (AvgIpc) is 0.757. The first-order valence-corrected chi connectivity index (χ1v) is 38.1. The van der Waals surface area contributed by atoms with E-state index < -0.39 is 282 Å². The summed E-state index contributed by atoms with van der Waals surface area (Å²) in [6.45, 7) is 6.13. The zero-order valence-electron chi connectivity index (χ0n) is 66.4. The number of esters is 2. The van der Waals surface area contributed by atoms with Crippen molar-refractivity contribution in [2.75, 3.05) is 69.1 Å². The Morgan fingerprint density at radius 1 is 0.379 bits per heavy atom. The molecule has 2 atom stereocenters. The first-order valence-electron chi connectivity index (χ1n) is 34.8. The lowest BCUT2D eigenvalue weighted by Gasteiger charge is -2.33. The predicted molar refractivity (Wildman–Crippen MR) is 358 cm³/mol. The van der Waals surface area contributed by atoms with Crippen LogP contribution >= 0.6 is 0 Å². The van der Waals surface area contributed by atoms with Crippen LogP contribution in [-0.4, -0.2) is 205 Å². The number of hydrogen-bond donors (Lipinski definition) is 0. The van der Waals surface area contributed by atoms with E-state index in [-0.39, 0.29) is 38.1 Å². The third-order valence-electron chi connectivity index (χ3n) is 16.8. The molecule has 2 rings (SSSR count). The van der Waals surface area contributed by atoms with Crippen molar-refractivity contribution >= 4 is 41.6 Å². The highest BCUT2D eigenvalue weighted by Crippen LogP contribution is 2.60. The topological polar surface area (TPSA) is 231 Å². The molecule has 0 fully saturated rings. The van der Waals surface area contributed by atoms with Gasteiger partial charge in [-0.3, -0.25) is 29.8 Å². The Morgan fingerprint density at radius 3 is 0.806 bits per heavy atom. The molecule has 0 radical (unpaired) electrons. The SMILES string of the molecule is C=CCCC(=O)OC(c1cc(OCCCC(F)(F)C(F)(F)C(F)(F)C(F)(F)F)c(OCCCC(F)(F)C(F)(F)C(F)(F)C(F)(F)F)cc1[N+](=O)[O-])C(C)(C)C.CO[SiH](OC)OC.CO[Si](CCCCC(=O)OC(c1cc(OCCCC(F)(F)C(F)(F)C(F)(F)C(F)(F)F)c(OCCCC(F)(F)C(F)(F)C(F)(F)C(F)(F)F)cc1[N+](=O)[O-])C(C)(C)C)(OC)OC. The minimum Gasteiger partial charge on any atom is -0.490 e. The van der Waals surface area contributed by atoms with Gasteiger partial charge in [0.2, 0.25) is 0 Å². The summed E-state index contributed by atoms with van der Waals surface area (Å²) in [4.78, 5) is 47.4. The molecule has 0 aliphatic carbocycles. The summed E-state index contributed by atoms with van der Waals surface area (Å²) in [6.07, 6.45) is -46.7. The van der Waals surface area contributed by atoms with Gasteiger partial charge in [0, 0.05) is 98.1 Å². The van der Waals surface area contributed by atoms with Gasteiger partial charge in [0.25, 0.3) is 11.4 Å². The third-order valence-corrected chi connectivity index (χ3v) is 20.8. The molecule has 0 N–H and O–H groups in total. The Hall–Kier alpha value is -7.21. The molecule has 0 spiro atoms. The van der Waals surface area contributed by atoms with Crippen LogP contribution in [0, 0.1) is 31.1 Å². The Bertz CT molecular complexity index is 3720. The highest BCUT2D eigenvalue weighted by molar-refractivity contribution is 6.60. The summed E-state index contributed by atoms with van der Waals surface area (Å²) in [5.74, 6) is -87.3. The van der Waals surface area contributed by atoms with Crippen molar-refractivity contribution in [3.8, 4) is 23.0 Å². The van der Waals surface area contributed by atoms with Crippen LogP contribution in [0.25, 0.3) is 0 Å². The maximum Gasteiger partial charge on any atom is 0.500 e. The summed E-state index contributed by atoms with van der Waals surface area (Å²) in [6, 6.07) is 2.14. The Kier molecular flexibility index (Phi) is 41.2. The van der Waals surface area contributed by atoms with Gasteiger partial charge in [0.05, 0.1) is 59.5 Å². The molecule has 0 aromatic heterocycles. The second-order valence-electron chi connectivity index (χ2n) is 28.2. The highest BCUT2D eigenvalue weighted by Gasteiger charge is 2.85. The number of halogens is 36. The lowest BCUT2D eigenvalue weighted by atomic mass is 9.83. The number of nitro benzene ring substituents is 2. The molecule has 724 valence electrons. The molecular weight excluding hydrogens is 1850 g/mol. The number of rotatable bonds is 48. The third kappa shape index (κ3) is 28.6. The molecule has 0 amide bonds. The van der Waals surface area contributed by atoms with Gasteiger partial charge < -0.3 is 55.0 Å². The Labute approximate surface area is 683 Å². The monoisotopic (exact) mass is 1930 g/mol. The van der Waals surface area contributed by atoms with E-state index in [1.165, 1.54) is 68.9 Å². The number of unbranched alkanes of at least 4 members (excludes halogenated alkanes) is 1. The average molecular weight is 1930 g/mol. The maximum atomic E-state index is 14.2. The van der Waals surface area contributed by atoms with Crippen LogP contribution < -0.4 is 18.9 Å². The molecule has 2 aromatic rings. The fourth-order valence-corrected chi connectivity index (χ4v) is 12.3. The van der Waals surface area contributed by atoms with Crippen LogP contribution in [0.15, 0.2) is 36.9 Å². The zero-order valence-corrected chi connectivity index (χ0v) is 68.6. The van der Waals surface area contributed by atoms with Crippen molar-refractivity contribution < 1.29 is 232 Å². The number of carbonyl (C=O) groups excluding carboxylic acids is 2. The van der Waals surface area contributed by atoms with E-state index in [2.05, 4.69) is 6.58 Å². The first kappa shape index (κ1) is 117. The van der Waals surface area contributed by atoms with E-state index in [4.69, 9.17) is 55.0 Å². The predicted octanol–water partition coefficient (Wildman–Crippen LogP) is 22.6. The molecule has 58 heteroatoms. The van der Waals surface area contributed by atoms with Gasteiger partial charge in [0.15, 0.2) is 23.0 Å². The number of ether oxygens (including phenoxy) is 6. The number of hydrogen-bond acceptors (Lipinski definition) is 18. The lowest BCUT2D eigenvalue weighted by molar-refractivity contribution is -0.396. The standard InChI is InChI=1S/C33H41F18NO9Si.C30H31F18NO6.C3H10O3Si/c1-25(2,3)24(61-23(53)11-7-8-16-62(56-4,57-5)58-6)19-17-21(59-14-9-12-26(34,35)28(38,39)30(42,43)32(46,47)48)22(18-20(19)52(54)55)60-15-10-13-27(36,37)29(40,41)31(44,45)33(49,50)51;1-5-6-9-20(50)55-21(22(2,3)4)16-14-18(53-12-7-10-23(31,32)25(35,36)27(39,40)29(43,44)45)19(15-17(16)49(51)52)54-13-8-11-24(33,34)26(37,38)28(41,42)30(46,47)48;1-4-7(5-2)6-3/h17-18,24H,7-16H2,1-6H3;5,14-15,21H,1,6-13H2,2-4H3;7H,1-3H3. The van der Waals surface area contributed by atoms with Crippen molar-refractivity contribution in [3.63, 3.8) is 0 Å². The van der Waals surface area contributed by atoms with E-state index in [0.717, 1.165) is 0 Å². The van der Waals surface area contributed by atoms with E-state index in [1.54, 1.807) is 21.3 Å². The van der Waals surface area contributed by atoms with Gasteiger partial charge in [-0.15, -0.1) is 6.58 Å². The Morgan fingerprint density at radius 2 is 0.613 bits per heavy atom. The number of alkyl halides is 36. The van der Waals surface area contributed by atoms with Crippen LogP contribution in [0.1, 0.15) is 148 Å². The molecular formula is C66H82F36N2O18Si2. The molecule has 0 heterocycles. The number of carbonyl (C=O) groups is 2. The second-order valence-corrected chi connectivity index (χ2v) is 33.3. The van der Waals surface area contributed by atoms with Crippen LogP contribution in [-0.2, 0) is 45.6 Å². The summed E-state index contributed by atoms with van der Waals surface area (Å²) < 4.78 is 539. The number of benzene rings is 2. The van der Waals surface area contributed by atoms with E-state index in [1.807, 2.05) is 0 Å². The van der Waals surface area contributed by atoms with Gasteiger partial charge in [-0.25, -0.2) is 0 Å². The largest absolute Gasteiger partial charge is 0.500 e. The molecule has 0 saturated carbocycles. The maximum absolute atomic E-state index is 14.2. The van der Waals surface area contributed by atoms with Crippen molar-refractivity contribution in [3.05, 3.63) is 68.3 Å². The number of nitro groups is 2. The summed E-state index contributed by atoms with van der Waals surface area (Å²) in [5.41, 5.74) is -5.95. The van der Waals surface area contributed by atoms with Crippen LogP contribution in [0.2, 0.25) is 6.04 Å². The van der Waals surface area contributed by atoms with Gasteiger partial charge in [-0.2, -0.15) is 158 Å². The molecule has 0 saturated heterocycles. The molecule has 2 unspecified atom stereocenters. The molecule has 124 heavy (non-hydrogen) atoms. The molecule has 0 aliphatic heterocycles. The van der Waals surface area contributed by atoms with Crippen LogP contribution in [0.5, 0.6) is 23.0 Å². The van der Waals surface area contributed by atoms with Crippen molar-refractivity contribution in [1.82, 2.24) is 0 Å². The normalized spacial score (nSPS) is 14.5. The quantitative estimate of drug-likeness (QED) is 0.0114. The minimum atomic E-state index is -7.25. The molecule has 20 nitrogen and oxygen atoms in total. The van der Waals surface area contributed by atoms with Crippen molar-refractivity contribution in [2.24, 2.45) is 10.8 Å². The van der Waals surface area contributed by atoms with Gasteiger partial charge in [0.1, 0.15) is 12.2 Å². The summed E-state index contributed by atoms with van der Waals surface area (Å²) >= 11 is 0. The van der Waals surface area contributed by atoms with Gasteiger partial charge >= 0.3 is 126 Å². The molecule has 0 bridgehead atoms. The Balaban J connectivity index is 0.00000227. The number of nitrogens with zero attached hydrogens (tertiary/aromatic N) is 2. The fraction of sp³-hybridized carbons (Fsp3) is 0.758. The fourth-order valence-electron chi connectivity index (χ4n) is 9.95. The minimum absolute atomic E-state index is 0.0380. The van der Waals surface area contributed by atoms with E-state index in [9.17, 15) is 188 Å². The second kappa shape index (κ2) is 43.7. The van der Waals surface area contributed by atoms with E-state index >= 15 is 0 Å². The molecule has 2 aromatic carbocycles. The molecule has 0 aliphatic rings. The zero-order chi connectivity index (χ0) is 97.9. The van der Waals surface area contributed by atoms with Gasteiger partial charge in [-0.05, 0) is 57.1 Å². The summed E-state index contributed by atoms with van der Waals surface area (Å²) in [5, 5.41) is 24.3. The van der Waals surface area contributed by atoms with Crippen molar-refractivity contribution in [1.29, 1.82) is 0 Å².